The molecule has 6 rings (SSSR count). The number of fused-ring (bicyclic) bond motifs is 2. The Hall–Kier alpha value is -3.58. The molecular formula is C26H25N3O4. The van der Waals surface area contributed by atoms with Gasteiger partial charge < -0.3 is 24.7 Å². The molecule has 168 valence electrons. The number of rotatable bonds is 6. The van der Waals surface area contributed by atoms with Crippen LogP contribution in [0.15, 0.2) is 66.9 Å². The number of nitrogens with one attached hydrogen (secondary N) is 2. The summed E-state index contributed by atoms with van der Waals surface area (Å²) in [6, 6.07) is 15.5. The predicted molar refractivity (Wildman–Crippen MR) is 124 cm³/mol. The average Bonchev–Trinajstić information content (AvgIpc) is 3.59. The van der Waals surface area contributed by atoms with E-state index in [-0.39, 0.29) is 17.9 Å². The van der Waals surface area contributed by atoms with Crippen molar-refractivity contribution in [1.82, 2.24) is 10.3 Å². The molecule has 3 aromatic rings. The molecule has 0 radical (unpaired) electrons. The molecule has 4 atom stereocenters. The molecular weight excluding hydrogens is 418 g/mol. The summed E-state index contributed by atoms with van der Waals surface area (Å²) in [5.41, 5.74) is 2.25. The minimum absolute atomic E-state index is 0.0770. The number of nitrogens with zero attached hydrogens (tertiary/aromatic N) is 1. The van der Waals surface area contributed by atoms with Gasteiger partial charge in [0, 0.05) is 35.4 Å². The van der Waals surface area contributed by atoms with Crippen LogP contribution >= 0.6 is 0 Å². The van der Waals surface area contributed by atoms with Crippen molar-refractivity contribution in [3.63, 3.8) is 0 Å². The highest BCUT2D eigenvalue weighted by Gasteiger charge is 2.67. The molecule has 0 saturated carbocycles. The normalized spacial score (nSPS) is 27.4. The molecule has 33 heavy (non-hydrogen) atoms. The summed E-state index contributed by atoms with van der Waals surface area (Å²) < 4.78 is 11.6. The van der Waals surface area contributed by atoms with Gasteiger partial charge in [0.25, 0.3) is 0 Å². The Morgan fingerprint density at radius 1 is 1.27 bits per heavy atom. The quantitative estimate of drug-likeness (QED) is 0.574. The molecule has 2 aromatic carbocycles. The van der Waals surface area contributed by atoms with Gasteiger partial charge in [-0.2, -0.15) is 0 Å². The number of benzene rings is 2. The van der Waals surface area contributed by atoms with Crippen LogP contribution in [-0.4, -0.2) is 48.7 Å². The first kappa shape index (κ1) is 20.1. The molecule has 2 amide bonds. The van der Waals surface area contributed by atoms with Crippen LogP contribution in [0, 0.1) is 11.8 Å². The van der Waals surface area contributed by atoms with Crippen molar-refractivity contribution in [3.05, 3.63) is 72.4 Å². The first-order valence-corrected chi connectivity index (χ1v) is 11.2. The largest absolute Gasteiger partial charge is 0.497 e. The second-order valence-electron chi connectivity index (χ2n) is 8.93. The van der Waals surface area contributed by atoms with Crippen molar-refractivity contribution in [2.75, 3.05) is 25.1 Å². The number of hydrogen-bond donors (Lipinski definition) is 2. The number of ether oxygens (including phenoxy) is 2. The molecule has 7 nitrogen and oxygen atoms in total. The van der Waals surface area contributed by atoms with E-state index in [1.54, 1.807) is 12.0 Å². The Kier molecular flexibility index (Phi) is 4.55. The van der Waals surface area contributed by atoms with Crippen LogP contribution in [0.3, 0.4) is 0 Å². The van der Waals surface area contributed by atoms with E-state index in [1.165, 1.54) is 0 Å². The van der Waals surface area contributed by atoms with E-state index in [2.05, 4.69) is 16.4 Å². The van der Waals surface area contributed by atoms with Crippen LogP contribution in [0.2, 0.25) is 0 Å². The lowest BCUT2D eigenvalue weighted by Gasteiger charge is -2.23. The van der Waals surface area contributed by atoms with Crippen LogP contribution in [0.4, 0.5) is 5.69 Å². The molecule has 1 aromatic heterocycles. The van der Waals surface area contributed by atoms with Gasteiger partial charge in [0.15, 0.2) is 0 Å². The fraction of sp³-hybridized carbons (Fsp3) is 0.308. The Morgan fingerprint density at radius 2 is 2.15 bits per heavy atom. The van der Waals surface area contributed by atoms with Gasteiger partial charge in [-0.05, 0) is 30.2 Å². The molecule has 0 aliphatic carbocycles. The first-order valence-electron chi connectivity index (χ1n) is 11.2. The Morgan fingerprint density at radius 3 is 3.03 bits per heavy atom. The van der Waals surface area contributed by atoms with E-state index in [9.17, 15) is 9.59 Å². The van der Waals surface area contributed by atoms with Crippen molar-refractivity contribution < 1.29 is 19.1 Å². The number of carbonyl (C=O) groups excluding carboxylic acids is 2. The molecule has 4 heterocycles. The molecule has 1 spiro atoms. The van der Waals surface area contributed by atoms with Crippen LogP contribution in [-0.2, 0) is 20.7 Å². The zero-order valence-electron chi connectivity index (χ0n) is 18.3. The molecule has 2 bridgehead atoms. The van der Waals surface area contributed by atoms with Crippen molar-refractivity contribution in [3.8, 4) is 5.75 Å². The third-order valence-electron chi connectivity index (χ3n) is 7.14. The summed E-state index contributed by atoms with van der Waals surface area (Å²) in [5, 5.41) is 4.22. The van der Waals surface area contributed by atoms with E-state index < -0.39 is 17.4 Å². The molecule has 7 heteroatoms. The maximum Gasteiger partial charge on any atom is 0.234 e. The third-order valence-corrected chi connectivity index (χ3v) is 7.14. The van der Waals surface area contributed by atoms with Crippen molar-refractivity contribution in [2.24, 2.45) is 11.8 Å². The second kappa shape index (κ2) is 7.49. The summed E-state index contributed by atoms with van der Waals surface area (Å²) in [6.45, 7) is 0.900. The van der Waals surface area contributed by atoms with Crippen LogP contribution in [0.25, 0.3) is 10.9 Å². The lowest BCUT2D eigenvalue weighted by Crippen LogP contribution is -2.44. The summed E-state index contributed by atoms with van der Waals surface area (Å²) in [6.07, 6.45) is 6.24. The number of aromatic nitrogens is 1. The van der Waals surface area contributed by atoms with Gasteiger partial charge in [-0.1, -0.05) is 36.4 Å². The fourth-order valence-corrected chi connectivity index (χ4v) is 5.57. The maximum absolute atomic E-state index is 13.5. The topological polar surface area (TPSA) is 83.7 Å². The zero-order valence-corrected chi connectivity index (χ0v) is 18.3. The Bertz CT molecular complexity index is 1280. The van der Waals surface area contributed by atoms with Gasteiger partial charge in [0.1, 0.15) is 11.4 Å². The van der Waals surface area contributed by atoms with E-state index in [1.807, 2.05) is 60.8 Å². The molecule has 3 aliphatic heterocycles. The number of H-pyrrole nitrogens is 1. The van der Waals surface area contributed by atoms with Gasteiger partial charge in [0.2, 0.25) is 11.8 Å². The number of hydrogen-bond acceptors (Lipinski definition) is 4. The maximum atomic E-state index is 13.5. The Labute approximate surface area is 191 Å². The van der Waals surface area contributed by atoms with Crippen molar-refractivity contribution >= 4 is 28.4 Å². The van der Waals surface area contributed by atoms with Gasteiger partial charge >= 0.3 is 0 Å². The number of carbonyl (C=O) groups is 2. The van der Waals surface area contributed by atoms with E-state index in [4.69, 9.17) is 9.47 Å². The fourth-order valence-electron chi connectivity index (χ4n) is 5.57. The van der Waals surface area contributed by atoms with Gasteiger partial charge in [-0.25, -0.2) is 0 Å². The Balaban J connectivity index is 1.18. The number of anilines is 1. The molecule has 3 aliphatic rings. The van der Waals surface area contributed by atoms with Gasteiger partial charge in [-0.3, -0.25) is 9.59 Å². The summed E-state index contributed by atoms with van der Waals surface area (Å²) in [5.74, 6) is -0.571. The standard InChI is InChI=1S/C26H25N3O4/c1-32-18-6-4-5-17(13-18)29-15-26-11-9-21(33-26)22(23(26)25(29)31)24(30)27-12-10-16-14-28-20-8-3-2-7-19(16)20/h2-9,11,13-14,21-23,28H,10,12,15H2,1H3,(H,27,30)/t21-,22+,23+,26+/m1/s1. The number of amides is 2. The summed E-state index contributed by atoms with van der Waals surface area (Å²) in [7, 11) is 1.60. The number of para-hydroxylation sites is 1. The van der Waals surface area contributed by atoms with Crippen molar-refractivity contribution in [2.45, 2.75) is 18.1 Å². The SMILES string of the molecule is COc1cccc(N2C[C@]34C=C[C@@H](O3)[C@H](C(=O)NCCc3c[nH]c5ccccc35)[C@H]4C2=O)c1. The van der Waals surface area contributed by atoms with Gasteiger partial charge in [0.05, 0.1) is 31.6 Å². The van der Waals surface area contributed by atoms with Crippen LogP contribution < -0.4 is 15.0 Å². The highest BCUT2D eigenvalue weighted by molar-refractivity contribution is 6.03. The number of methoxy groups -OCH3 is 1. The predicted octanol–water partition coefficient (Wildman–Crippen LogP) is 2.82. The molecule has 0 unspecified atom stereocenters. The lowest BCUT2D eigenvalue weighted by atomic mass is 9.77. The third kappa shape index (κ3) is 3.07. The zero-order chi connectivity index (χ0) is 22.6. The smallest absolute Gasteiger partial charge is 0.234 e. The summed E-state index contributed by atoms with van der Waals surface area (Å²) >= 11 is 0. The minimum atomic E-state index is -0.746. The van der Waals surface area contributed by atoms with E-state index >= 15 is 0 Å². The highest BCUT2D eigenvalue weighted by Crippen LogP contribution is 2.52. The monoisotopic (exact) mass is 443 g/mol. The second-order valence-corrected chi connectivity index (χ2v) is 8.93. The number of aromatic amines is 1. The lowest BCUT2D eigenvalue weighted by molar-refractivity contribution is -0.131. The molecule has 2 N–H and O–H groups in total. The first-order chi connectivity index (χ1) is 16.1. The minimum Gasteiger partial charge on any atom is -0.497 e. The highest BCUT2D eigenvalue weighted by atomic mass is 16.5. The van der Waals surface area contributed by atoms with Gasteiger partial charge in [-0.15, -0.1) is 0 Å². The van der Waals surface area contributed by atoms with Crippen molar-refractivity contribution in [1.29, 1.82) is 0 Å². The molecule has 2 fully saturated rings. The van der Waals surface area contributed by atoms with Crippen LogP contribution in [0.5, 0.6) is 5.75 Å². The average molecular weight is 444 g/mol. The summed E-state index contributed by atoms with van der Waals surface area (Å²) in [4.78, 5) is 31.7. The van der Waals surface area contributed by atoms with Crippen LogP contribution in [0.1, 0.15) is 5.56 Å². The molecule has 2 saturated heterocycles. The van der Waals surface area contributed by atoms with E-state index in [0.29, 0.717) is 25.3 Å². The van der Waals surface area contributed by atoms with E-state index in [0.717, 1.165) is 22.2 Å².